The number of anilines is 2. The normalized spacial score (nSPS) is 19.1. The summed E-state index contributed by atoms with van der Waals surface area (Å²) in [6.07, 6.45) is 9.08. The molecule has 9 heteroatoms. The lowest BCUT2D eigenvalue weighted by Crippen LogP contribution is -2.23. The van der Waals surface area contributed by atoms with Crippen LogP contribution >= 0.6 is 0 Å². The molecule has 180 valence electrons. The largest absolute Gasteiger partial charge is 0.338 e. The number of rotatable bonds is 6. The second kappa shape index (κ2) is 9.37. The summed E-state index contributed by atoms with van der Waals surface area (Å²) in [5.74, 6) is 0.731. The van der Waals surface area contributed by atoms with E-state index in [9.17, 15) is 10.1 Å². The van der Waals surface area contributed by atoms with Crippen LogP contribution in [0.4, 0.5) is 11.5 Å². The van der Waals surface area contributed by atoms with Gasteiger partial charge in [-0.2, -0.15) is 10.4 Å². The second-order valence-corrected chi connectivity index (χ2v) is 9.72. The van der Waals surface area contributed by atoms with Crippen LogP contribution in [0.2, 0.25) is 0 Å². The summed E-state index contributed by atoms with van der Waals surface area (Å²) in [7, 11) is 0. The summed E-state index contributed by atoms with van der Waals surface area (Å²) < 4.78 is 3.78. The molecule has 1 aromatic carbocycles. The minimum atomic E-state index is -0.194. The average Bonchev–Trinajstić information content (AvgIpc) is 3.50. The van der Waals surface area contributed by atoms with Crippen LogP contribution in [-0.2, 0) is 0 Å². The van der Waals surface area contributed by atoms with Crippen LogP contribution in [-0.4, -0.2) is 29.8 Å². The van der Waals surface area contributed by atoms with Crippen molar-refractivity contribution in [2.75, 3.05) is 5.32 Å². The van der Waals surface area contributed by atoms with Gasteiger partial charge in [0.1, 0.15) is 5.39 Å². The maximum atomic E-state index is 12.8. The van der Waals surface area contributed by atoms with Gasteiger partial charge in [0, 0.05) is 18.1 Å². The molecule has 0 amide bonds. The highest BCUT2D eigenvalue weighted by molar-refractivity contribution is 5.91. The van der Waals surface area contributed by atoms with Gasteiger partial charge < -0.3 is 10.3 Å². The number of aromatic nitrogens is 6. The van der Waals surface area contributed by atoms with Gasteiger partial charge in [0.2, 0.25) is 0 Å². The molecule has 1 saturated carbocycles. The topological polar surface area (TPSA) is 117 Å². The number of nitrogens with one attached hydrogen (secondary N) is 2. The Balaban J connectivity index is 1.52. The molecule has 3 heterocycles. The maximum Gasteiger partial charge on any atom is 0.261 e. The van der Waals surface area contributed by atoms with Gasteiger partial charge in [0.05, 0.1) is 35.8 Å². The van der Waals surface area contributed by atoms with Crippen molar-refractivity contribution in [2.45, 2.75) is 58.5 Å². The SMILES string of the molecule is Cc1cc(Nc2nn(C3CCCCC3C#N)c3cc[nH]c(=O)c23)ccc1C(C(C)C)n1ccnn1. The molecule has 1 aliphatic carbocycles. The van der Waals surface area contributed by atoms with E-state index < -0.39 is 0 Å². The Labute approximate surface area is 203 Å². The predicted octanol–water partition coefficient (Wildman–Crippen LogP) is 4.87. The number of aromatic amines is 1. The molecule has 3 atom stereocenters. The monoisotopic (exact) mass is 470 g/mol. The number of fused-ring (bicyclic) bond motifs is 1. The molecule has 9 nitrogen and oxygen atoms in total. The Hall–Kier alpha value is -3.93. The molecule has 1 fully saturated rings. The zero-order valence-electron chi connectivity index (χ0n) is 20.3. The number of nitriles is 1. The van der Waals surface area contributed by atoms with E-state index >= 15 is 0 Å². The summed E-state index contributed by atoms with van der Waals surface area (Å²) in [4.78, 5) is 15.6. The quantitative estimate of drug-likeness (QED) is 0.415. The zero-order chi connectivity index (χ0) is 24.5. The van der Waals surface area contributed by atoms with Gasteiger partial charge in [-0.25, -0.2) is 4.68 Å². The Bertz CT molecular complexity index is 1430. The van der Waals surface area contributed by atoms with Crippen LogP contribution in [0.5, 0.6) is 0 Å². The highest BCUT2D eigenvalue weighted by Crippen LogP contribution is 2.37. The van der Waals surface area contributed by atoms with Crippen LogP contribution in [0.1, 0.15) is 62.7 Å². The number of hydrogen-bond acceptors (Lipinski definition) is 6. The van der Waals surface area contributed by atoms with Crippen LogP contribution < -0.4 is 10.9 Å². The van der Waals surface area contributed by atoms with E-state index in [1.54, 1.807) is 12.4 Å². The van der Waals surface area contributed by atoms with Crippen LogP contribution in [0.15, 0.2) is 47.7 Å². The van der Waals surface area contributed by atoms with Crippen molar-refractivity contribution in [1.82, 2.24) is 29.8 Å². The summed E-state index contributed by atoms with van der Waals surface area (Å²) in [6, 6.07) is 10.5. The van der Waals surface area contributed by atoms with Crippen molar-refractivity contribution in [3.8, 4) is 6.07 Å². The zero-order valence-corrected chi connectivity index (χ0v) is 20.3. The molecule has 5 rings (SSSR count). The summed E-state index contributed by atoms with van der Waals surface area (Å²) in [5.41, 5.74) is 3.69. The van der Waals surface area contributed by atoms with Crippen LogP contribution in [0.3, 0.4) is 0 Å². The molecule has 0 bridgehead atoms. The molecule has 0 radical (unpaired) electrons. The van der Waals surface area contributed by atoms with Crippen molar-refractivity contribution in [3.63, 3.8) is 0 Å². The summed E-state index contributed by atoms with van der Waals surface area (Å²) in [6.45, 7) is 6.42. The fourth-order valence-corrected chi connectivity index (χ4v) is 5.39. The number of nitrogens with zero attached hydrogens (tertiary/aromatic N) is 6. The molecule has 1 aliphatic rings. The third-order valence-corrected chi connectivity index (χ3v) is 7.05. The Morgan fingerprint density at radius 3 is 2.77 bits per heavy atom. The standard InChI is InChI=1S/C26H30N8O/c1-16(2)24(33-13-12-29-32-33)20-9-8-19(14-17(20)3)30-25-23-22(10-11-28-26(23)35)34(31-25)21-7-5-4-6-18(21)15-27/h8-14,16,18,21,24H,4-7H2,1-3H3,(H,28,35)(H,30,31). The van der Waals surface area contributed by atoms with Crippen molar-refractivity contribution in [1.29, 1.82) is 5.26 Å². The van der Waals surface area contributed by atoms with E-state index in [0.717, 1.165) is 42.5 Å². The van der Waals surface area contributed by atoms with Crippen molar-refractivity contribution in [2.24, 2.45) is 11.8 Å². The molecule has 0 aliphatic heterocycles. The number of hydrogen-bond donors (Lipinski definition) is 2. The van der Waals surface area contributed by atoms with Gasteiger partial charge in [-0.1, -0.05) is 38.0 Å². The van der Waals surface area contributed by atoms with E-state index in [0.29, 0.717) is 17.1 Å². The predicted molar refractivity (Wildman–Crippen MR) is 134 cm³/mol. The summed E-state index contributed by atoms with van der Waals surface area (Å²) in [5, 5.41) is 26.7. The molecule has 0 spiro atoms. The fraction of sp³-hybridized carbons (Fsp3) is 0.423. The molecular formula is C26H30N8O. The van der Waals surface area contributed by atoms with E-state index in [1.165, 1.54) is 5.56 Å². The minimum absolute atomic E-state index is 0.0350. The molecule has 35 heavy (non-hydrogen) atoms. The van der Waals surface area contributed by atoms with Crippen molar-refractivity contribution < 1.29 is 0 Å². The Morgan fingerprint density at radius 2 is 2.06 bits per heavy atom. The lowest BCUT2D eigenvalue weighted by molar-refractivity contribution is 0.277. The van der Waals surface area contributed by atoms with Gasteiger partial charge in [0.25, 0.3) is 5.56 Å². The fourth-order valence-electron chi connectivity index (χ4n) is 5.39. The highest BCUT2D eigenvalue weighted by Gasteiger charge is 2.30. The Kier molecular flexibility index (Phi) is 6.12. The molecule has 3 unspecified atom stereocenters. The first kappa shape index (κ1) is 22.8. The maximum absolute atomic E-state index is 12.8. The lowest BCUT2D eigenvalue weighted by Gasteiger charge is -2.27. The second-order valence-electron chi connectivity index (χ2n) is 9.72. The number of pyridine rings is 1. The van der Waals surface area contributed by atoms with Crippen LogP contribution in [0, 0.1) is 30.1 Å². The van der Waals surface area contributed by atoms with E-state index in [4.69, 9.17) is 5.10 Å². The number of aryl methyl sites for hydroxylation is 1. The average molecular weight is 471 g/mol. The van der Waals surface area contributed by atoms with Gasteiger partial charge in [-0.05, 0) is 55.0 Å². The minimum Gasteiger partial charge on any atom is -0.338 e. The lowest BCUT2D eigenvalue weighted by atomic mass is 9.85. The third-order valence-electron chi connectivity index (χ3n) is 7.05. The number of benzene rings is 1. The molecular weight excluding hydrogens is 440 g/mol. The first-order valence-corrected chi connectivity index (χ1v) is 12.2. The number of H-pyrrole nitrogens is 1. The molecule has 3 aromatic heterocycles. The van der Waals surface area contributed by atoms with Gasteiger partial charge in [-0.3, -0.25) is 9.48 Å². The molecule has 4 aromatic rings. The highest BCUT2D eigenvalue weighted by atomic mass is 16.1. The smallest absolute Gasteiger partial charge is 0.261 e. The summed E-state index contributed by atoms with van der Waals surface area (Å²) >= 11 is 0. The van der Waals surface area contributed by atoms with E-state index in [2.05, 4.69) is 59.6 Å². The van der Waals surface area contributed by atoms with Gasteiger partial charge in [0.15, 0.2) is 5.82 Å². The van der Waals surface area contributed by atoms with Gasteiger partial charge in [-0.15, -0.1) is 5.10 Å². The Morgan fingerprint density at radius 1 is 1.23 bits per heavy atom. The first-order chi connectivity index (χ1) is 17.0. The van der Waals surface area contributed by atoms with E-state index in [-0.39, 0.29) is 23.6 Å². The molecule has 0 saturated heterocycles. The van der Waals surface area contributed by atoms with Crippen molar-refractivity contribution in [3.05, 3.63) is 64.3 Å². The van der Waals surface area contributed by atoms with Gasteiger partial charge >= 0.3 is 0 Å². The van der Waals surface area contributed by atoms with Crippen molar-refractivity contribution >= 4 is 22.4 Å². The third kappa shape index (κ3) is 4.20. The van der Waals surface area contributed by atoms with Crippen LogP contribution in [0.25, 0.3) is 10.9 Å². The molecule has 2 N–H and O–H groups in total. The van der Waals surface area contributed by atoms with E-state index in [1.807, 2.05) is 27.7 Å². The first-order valence-electron chi connectivity index (χ1n) is 12.2.